The average Bonchev–Trinajstić information content (AvgIpc) is 2.60. The molecule has 0 radical (unpaired) electrons. The molecule has 2 atom stereocenters. The minimum absolute atomic E-state index is 0.228. The van der Waals surface area contributed by atoms with Gasteiger partial charge in [0.05, 0.1) is 26.7 Å². The van der Waals surface area contributed by atoms with Crippen LogP contribution in [0.5, 0.6) is 11.5 Å². The molecule has 1 aliphatic heterocycles. The van der Waals surface area contributed by atoms with Gasteiger partial charge < -0.3 is 24.6 Å². The van der Waals surface area contributed by atoms with E-state index in [1.54, 1.807) is 18.2 Å². The SMILES string of the molecule is COc1ccc(C(CC(=O)O)NC(=O)C2CCCCO2)cc1OC. The van der Waals surface area contributed by atoms with Gasteiger partial charge in [-0.2, -0.15) is 0 Å². The lowest BCUT2D eigenvalue weighted by atomic mass is 10.0. The molecule has 1 amide bonds. The minimum atomic E-state index is -1.00. The van der Waals surface area contributed by atoms with Gasteiger partial charge in [0.1, 0.15) is 6.10 Å². The first-order chi connectivity index (χ1) is 11.5. The van der Waals surface area contributed by atoms with Gasteiger partial charge in [0, 0.05) is 6.61 Å². The summed E-state index contributed by atoms with van der Waals surface area (Å²) in [6.45, 7) is 0.554. The second-order valence-corrected chi connectivity index (χ2v) is 5.63. The number of benzene rings is 1. The van der Waals surface area contributed by atoms with Crippen molar-refractivity contribution in [2.75, 3.05) is 20.8 Å². The van der Waals surface area contributed by atoms with Gasteiger partial charge in [-0.15, -0.1) is 0 Å². The van der Waals surface area contributed by atoms with Crippen molar-refractivity contribution in [1.82, 2.24) is 5.32 Å². The van der Waals surface area contributed by atoms with Crippen LogP contribution in [0.4, 0.5) is 0 Å². The van der Waals surface area contributed by atoms with Crippen molar-refractivity contribution >= 4 is 11.9 Å². The van der Waals surface area contributed by atoms with Crippen LogP contribution in [-0.4, -0.2) is 43.9 Å². The highest BCUT2D eigenvalue weighted by Gasteiger charge is 2.26. The summed E-state index contributed by atoms with van der Waals surface area (Å²) in [5.41, 5.74) is 0.638. The van der Waals surface area contributed by atoms with Crippen LogP contribution in [0.25, 0.3) is 0 Å². The smallest absolute Gasteiger partial charge is 0.305 e. The van der Waals surface area contributed by atoms with Crippen LogP contribution < -0.4 is 14.8 Å². The van der Waals surface area contributed by atoms with E-state index in [9.17, 15) is 9.59 Å². The number of rotatable bonds is 7. The fourth-order valence-corrected chi connectivity index (χ4v) is 2.71. The summed E-state index contributed by atoms with van der Waals surface area (Å²) < 4.78 is 15.9. The van der Waals surface area contributed by atoms with E-state index >= 15 is 0 Å². The molecule has 1 aromatic carbocycles. The van der Waals surface area contributed by atoms with Crippen molar-refractivity contribution in [2.45, 2.75) is 37.8 Å². The molecule has 2 rings (SSSR count). The molecule has 24 heavy (non-hydrogen) atoms. The molecule has 0 aliphatic carbocycles. The molecule has 2 unspecified atom stereocenters. The van der Waals surface area contributed by atoms with Gasteiger partial charge >= 0.3 is 5.97 Å². The zero-order chi connectivity index (χ0) is 17.5. The van der Waals surface area contributed by atoms with Crippen LogP contribution in [0.3, 0.4) is 0 Å². The third kappa shape index (κ3) is 4.61. The minimum Gasteiger partial charge on any atom is -0.493 e. The van der Waals surface area contributed by atoms with Gasteiger partial charge in [0.2, 0.25) is 5.91 Å². The van der Waals surface area contributed by atoms with Crippen LogP contribution in [0.15, 0.2) is 18.2 Å². The lowest BCUT2D eigenvalue weighted by molar-refractivity contribution is -0.139. The van der Waals surface area contributed by atoms with Gasteiger partial charge in [-0.3, -0.25) is 9.59 Å². The summed E-state index contributed by atoms with van der Waals surface area (Å²) in [5, 5.41) is 11.9. The number of methoxy groups -OCH3 is 2. The number of ether oxygens (including phenoxy) is 3. The zero-order valence-corrected chi connectivity index (χ0v) is 13.9. The molecule has 7 heteroatoms. The lowest BCUT2D eigenvalue weighted by Crippen LogP contribution is -2.40. The summed E-state index contributed by atoms with van der Waals surface area (Å²) in [6.07, 6.45) is 1.77. The first-order valence-electron chi connectivity index (χ1n) is 7.91. The number of carbonyl (C=O) groups excluding carboxylic acids is 1. The van der Waals surface area contributed by atoms with Crippen molar-refractivity contribution in [2.24, 2.45) is 0 Å². The van der Waals surface area contributed by atoms with Gasteiger partial charge in [0.25, 0.3) is 0 Å². The number of carboxylic acids is 1. The number of aliphatic carboxylic acids is 1. The van der Waals surface area contributed by atoms with Crippen molar-refractivity contribution in [1.29, 1.82) is 0 Å². The Morgan fingerprint density at radius 3 is 2.62 bits per heavy atom. The molecule has 0 saturated carbocycles. The van der Waals surface area contributed by atoms with E-state index in [0.29, 0.717) is 30.1 Å². The molecule has 0 spiro atoms. The lowest BCUT2D eigenvalue weighted by Gasteiger charge is -2.25. The van der Waals surface area contributed by atoms with E-state index in [1.807, 2.05) is 0 Å². The highest BCUT2D eigenvalue weighted by atomic mass is 16.5. The Labute approximate surface area is 140 Å². The predicted octanol–water partition coefficient (Wildman–Crippen LogP) is 1.90. The van der Waals surface area contributed by atoms with Crippen LogP contribution in [0.2, 0.25) is 0 Å². The summed E-state index contributed by atoms with van der Waals surface area (Å²) in [4.78, 5) is 23.5. The first-order valence-corrected chi connectivity index (χ1v) is 7.91. The quantitative estimate of drug-likeness (QED) is 0.789. The van der Waals surface area contributed by atoms with Gasteiger partial charge in [-0.1, -0.05) is 6.07 Å². The predicted molar refractivity (Wildman–Crippen MR) is 86.3 cm³/mol. The van der Waals surface area contributed by atoms with Crippen molar-refractivity contribution in [3.05, 3.63) is 23.8 Å². The molecule has 1 fully saturated rings. The molecular formula is C17H23NO6. The average molecular weight is 337 g/mol. The van der Waals surface area contributed by atoms with E-state index in [-0.39, 0.29) is 12.3 Å². The van der Waals surface area contributed by atoms with Crippen molar-refractivity contribution < 1.29 is 28.9 Å². The molecule has 2 N–H and O–H groups in total. The fourth-order valence-electron chi connectivity index (χ4n) is 2.71. The van der Waals surface area contributed by atoms with Gasteiger partial charge in [0.15, 0.2) is 11.5 Å². The van der Waals surface area contributed by atoms with Crippen molar-refractivity contribution in [3.8, 4) is 11.5 Å². The van der Waals surface area contributed by atoms with E-state index < -0.39 is 18.1 Å². The maximum absolute atomic E-state index is 12.4. The summed E-state index contributed by atoms with van der Waals surface area (Å²) >= 11 is 0. The highest BCUT2D eigenvalue weighted by Crippen LogP contribution is 2.31. The van der Waals surface area contributed by atoms with Crippen LogP contribution in [0.1, 0.15) is 37.3 Å². The summed E-state index contributed by atoms with van der Waals surface area (Å²) in [7, 11) is 3.02. The molecular weight excluding hydrogens is 314 g/mol. The number of nitrogens with one attached hydrogen (secondary N) is 1. The Hall–Kier alpha value is -2.28. The largest absolute Gasteiger partial charge is 0.493 e. The number of hydrogen-bond acceptors (Lipinski definition) is 5. The highest BCUT2D eigenvalue weighted by molar-refractivity contribution is 5.82. The maximum atomic E-state index is 12.4. The fraction of sp³-hybridized carbons (Fsp3) is 0.529. The van der Waals surface area contributed by atoms with E-state index in [2.05, 4.69) is 5.32 Å². The van der Waals surface area contributed by atoms with E-state index in [0.717, 1.165) is 12.8 Å². The van der Waals surface area contributed by atoms with E-state index in [1.165, 1.54) is 14.2 Å². The molecule has 0 aromatic heterocycles. The number of hydrogen-bond donors (Lipinski definition) is 2. The van der Waals surface area contributed by atoms with Crippen LogP contribution in [0, 0.1) is 0 Å². The zero-order valence-electron chi connectivity index (χ0n) is 13.9. The summed E-state index contributed by atoms with van der Waals surface area (Å²) in [6, 6.07) is 4.41. The molecule has 1 aromatic rings. The number of carboxylic acid groups (broad SMARTS) is 1. The molecule has 0 bridgehead atoms. The molecule has 1 aliphatic rings. The molecule has 132 valence electrons. The Bertz CT molecular complexity index is 582. The Kier molecular flexibility index (Phi) is 6.43. The Balaban J connectivity index is 2.18. The van der Waals surface area contributed by atoms with Gasteiger partial charge in [-0.25, -0.2) is 0 Å². The second-order valence-electron chi connectivity index (χ2n) is 5.63. The molecule has 1 saturated heterocycles. The van der Waals surface area contributed by atoms with Crippen LogP contribution >= 0.6 is 0 Å². The molecule has 7 nitrogen and oxygen atoms in total. The first kappa shape index (κ1) is 18.1. The normalized spacial score (nSPS) is 18.5. The monoisotopic (exact) mass is 337 g/mol. The maximum Gasteiger partial charge on any atom is 0.305 e. The van der Waals surface area contributed by atoms with Crippen molar-refractivity contribution in [3.63, 3.8) is 0 Å². The Morgan fingerprint density at radius 2 is 2.04 bits per heavy atom. The third-order valence-electron chi connectivity index (χ3n) is 3.98. The second kappa shape index (κ2) is 8.54. The standard InChI is InChI=1S/C17H23NO6/c1-22-13-7-6-11(9-15(13)23-2)12(10-16(19)20)18-17(21)14-5-3-4-8-24-14/h6-7,9,12,14H,3-5,8,10H2,1-2H3,(H,18,21)(H,19,20). The van der Waals surface area contributed by atoms with E-state index in [4.69, 9.17) is 19.3 Å². The molecule has 1 heterocycles. The topological polar surface area (TPSA) is 94.1 Å². The van der Waals surface area contributed by atoms with Crippen LogP contribution in [-0.2, 0) is 14.3 Å². The van der Waals surface area contributed by atoms with Gasteiger partial charge in [-0.05, 0) is 37.0 Å². The number of amides is 1. The Morgan fingerprint density at radius 1 is 1.29 bits per heavy atom. The number of carbonyl (C=O) groups is 2. The third-order valence-corrected chi connectivity index (χ3v) is 3.98. The summed E-state index contributed by atoms with van der Waals surface area (Å²) in [5.74, 6) is -0.263.